The van der Waals surface area contributed by atoms with E-state index in [1.165, 1.54) is 4.40 Å². The minimum atomic E-state index is -0.353. The Bertz CT molecular complexity index is 1190. The van der Waals surface area contributed by atoms with Gasteiger partial charge in [0.25, 0.3) is 0 Å². The van der Waals surface area contributed by atoms with Crippen molar-refractivity contribution in [3.63, 3.8) is 0 Å². The van der Waals surface area contributed by atoms with Crippen LogP contribution in [0.25, 0.3) is 11.3 Å². The molecule has 0 aliphatic rings. The molecule has 0 atom stereocenters. The minimum absolute atomic E-state index is 0.171. The lowest BCUT2D eigenvalue weighted by atomic mass is 10.3. The zero-order valence-electron chi connectivity index (χ0n) is 15.0. The Morgan fingerprint density at radius 1 is 1.04 bits per heavy atom. The summed E-state index contributed by atoms with van der Waals surface area (Å²) in [5.74, 6) is -0.334. The summed E-state index contributed by atoms with van der Waals surface area (Å²) in [6.45, 7) is 3.55. The smallest absolute Gasteiger partial charge is 0.321 e. The molecule has 8 heteroatoms. The van der Waals surface area contributed by atoms with Crippen molar-refractivity contribution in [2.75, 3.05) is 5.32 Å². The molecule has 1 amide bonds. The van der Waals surface area contributed by atoms with Gasteiger partial charge < -0.3 is 5.32 Å². The van der Waals surface area contributed by atoms with E-state index in [1.54, 1.807) is 29.1 Å². The number of pyridine rings is 1. The zero-order chi connectivity index (χ0) is 19.0. The summed E-state index contributed by atoms with van der Waals surface area (Å²) in [7, 11) is 0. The molecule has 27 heavy (non-hydrogen) atoms. The number of carbonyl (C=O) groups is 1. The standard InChI is InChI=1S/C19H18N6O2/c1-13-18(14(2)25(21-13)15-8-4-3-5-9-15)20-17(26)12-24-19(27)23-11-7-6-10-16(23)22-24/h3-11H,12H2,1-2H3,(H,20,26). The highest BCUT2D eigenvalue weighted by Gasteiger charge is 2.17. The molecule has 1 N–H and O–H groups in total. The number of rotatable bonds is 4. The van der Waals surface area contributed by atoms with Gasteiger partial charge in [-0.25, -0.2) is 14.2 Å². The number of anilines is 1. The van der Waals surface area contributed by atoms with Crippen LogP contribution in [0.5, 0.6) is 0 Å². The second-order valence-corrected chi connectivity index (χ2v) is 6.21. The predicted molar refractivity (Wildman–Crippen MR) is 101 cm³/mol. The SMILES string of the molecule is Cc1nn(-c2ccccc2)c(C)c1NC(=O)Cn1nc2ccccn2c1=O. The maximum absolute atomic E-state index is 12.5. The number of carbonyl (C=O) groups excluding carboxylic acids is 1. The van der Waals surface area contributed by atoms with Crippen LogP contribution >= 0.6 is 0 Å². The molecule has 8 nitrogen and oxygen atoms in total. The minimum Gasteiger partial charge on any atom is -0.321 e. The molecule has 4 rings (SSSR count). The van der Waals surface area contributed by atoms with Gasteiger partial charge in [0, 0.05) is 6.20 Å². The summed E-state index contributed by atoms with van der Waals surface area (Å²) in [5, 5.41) is 11.5. The van der Waals surface area contributed by atoms with Crippen LogP contribution in [0.2, 0.25) is 0 Å². The molecule has 3 heterocycles. The van der Waals surface area contributed by atoms with Crippen LogP contribution in [0.1, 0.15) is 11.4 Å². The number of nitrogens with zero attached hydrogens (tertiary/aromatic N) is 5. The first-order valence-corrected chi connectivity index (χ1v) is 8.50. The molecule has 4 aromatic rings. The van der Waals surface area contributed by atoms with Gasteiger partial charge >= 0.3 is 5.69 Å². The first kappa shape index (κ1) is 16.8. The third-order valence-electron chi connectivity index (χ3n) is 4.34. The molecular weight excluding hydrogens is 344 g/mol. The fourth-order valence-corrected chi connectivity index (χ4v) is 3.03. The van der Waals surface area contributed by atoms with Crippen molar-refractivity contribution in [1.82, 2.24) is 24.0 Å². The summed E-state index contributed by atoms with van der Waals surface area (Å²) < 4.78 is 4.33. The van der Waals surface area contributed by atoms with Crippen LogP contribution in [0.4, 0.5) is 5.69 Å². The Labute approximate surface area is 154 Å². The van der Waals surface area contributed by atoms with Gasteiger partial charge in [0.1, 0.15) is 6.54 Å². The molecule has 0 bridgehead atoms. The summed E-state index contributed by atoms with van der Waals surface area (Å²) in [5.41, 5.74) is 3.21. The summed E-state index contributed by atoms with van der Waals surface area (Å²) >= 11 is 0. The number of para-hydroxylation sites is 1. The summed E-state index contributed by atoms with van der Waals surface area (Å²) in [6.07, 6.45) is 1.62. The molecule has 0 saturated heterocycles. The highest BCUT2D eigenvalue weighted by atomic mass is 16.2. The number of fused-ring (bicyclic) bond motifs is 1. The molecule has 0 aliphatic carbocycles. The van der Waals surface area contributed by atoms with Crippen LogP contribution < -0.4 is 11.0 Å². The Hall–Kier alpha value is -3.68. The molecular formula is C19H18N6O2. The van der Waals surface area contributed by atoms with Gasteiger partial charge in [0.15, 0.2) is 5.65 Å². The molecule has 136 valence electrons. The average molecular weight is 362 g/mol. The highest BCUT2D eigenvalue weighted by Crippen LogP contribution is 2.22. The quantitative estimate of drug-likeness (QED) is 0.601. The molecule has 3 aromatic heterocycles. The van der Waals surface area contributed by atoms with Crippen LogP contribution in [-0.4, -0.2) is 29.9 Å². The summed E-state index contributed by atoms with van der Waals surface area (Å²) in [6, 6.07) is 14.9. The van der Waals surface area contributed by atoms with Crippen molar-refractivity contribution in [3.05, 3.63) is 76.6 Å². The van der Waals surface area contributed by atoms with E-state index in [-0.39, 0.29) is 18.1 Å². The second kappa shape index (κ2) is 6.56. The highest BCUT2D eigenvalue weighted by molar-refractivity contribution is 5.91. The van der Waals surface area contributed by atoms with Crippen molar-refractivity contribution < 1.29 is 4.79 Å². The van der Waals surface area contributed by atoms with Crippen molar-refractivity contribution in [3.8, 4) is 5.69 Å². The Morgan fingerprint density at radius 2 is 1.78 bits per heavy atom. The van der Waals surface area contributed by atoms with Crippen LogP contribution in [0.15, 0.2) is 59.5 Å². The van der Waals surface area contributed by atoms with E-state index in [2.05, 4.69) is 15.5 Å². The van der Waals surface area contributed by atoms with Gasteiger partial charge in [-0.3, -0.25) is 9.20 Å². The fraction of sp³-hybridized carbons (Fsp3) is 0.158. The first-order valence-electron chi connectivity index (χ1n) is 8.50. The first-order chi connectivity index (χ1) is 13.0. The Kier molecular flexibility index (Phi) is 4.08. The van der Waals surface area contributed by atoms with Gasteiger partial charge in [-0.1, -0.05) is 24.3 Å². The van der Waals surface area contributed by atoms with E-state index in [9.17, 15) is 9.59 Å². The zero-order valence-corrected chi connectivity index (χ0v) is 15.0. The van der Waals surface area contributed by atoms with Crippen molar-refractivity contribution in [2.24, 2.45) is 0 Å². The molecule has 1 aromatic carbocycles. The van der Waals surface area contributed by atoms with Gasteiger partial charge in [0.2, 0.25) is 5.91 Å². The Morgan fingerprint density at radius 3 is 2.52 bits per heavy atom. The van der Waals surface area contributed by atoms with Gasteiger partial charge in [-0.2, -0.15) is 5.10 Å². The van der Waals surface area contributed by atoms with Gasteiger partial charge in [-0.05, 0) is 38.1 Å². The van der Waals surface area contributed by atoms with E-state index in [0.29, 0.717) is 17.0 Å². The topological polar surface area (TPSA) is 86.2 Å². The number of nitrogens with one attached hydrogen (secondary N) is 1. The summed E-state index contributed by atoms with van der Waals surface area (Å²) in [4.78, 5) is 24.8. The maximum atomic E-state index is 12.5. The van der Waals surface area contributed by atoms with Crippen LogP contribution in [0, 0.1) is 13.8 Å². The number of hydrogen-bond acceptors (Lipinski definition) is 4. The van der Waals surface area contributed by atoms with Crippen molar-refractivity contribution >= 4 is 17.2 Å². The maximum Gasteiger partial charge on any atom is 0.350 e. The van der Waals surface area contributed by atoms with Crippen LogP contribution in [0.3, 0.4) is 0 Å². The van der Waals surface area contributed by atoms with E-state index >= 15 is 0 Å². The largest absolute Gasteiger partial charge is 0.350 e. The van der Waals surface area contributed by atoms with Crippen molar-refractivity contribution in [1.29, 1.82) is 0 Å². The molecule has 0 fully saturated rings. The Balaban J connectivity index is 1.59. The molecule has 0 unspecified atom stereocenters. The molecule has 0 saturated carbocycles. The van der Waals surface area contributed by atoms with Gasteiger partial charge in [-0.15, -0.1) is 5.10 Å². The fourth-order valence-electron chi connectivity index (χ4n) is 3.03. The lowest BCUT2D eigenvalue weighted by molar-refractivity contribution is -0.117. The van der Waals surface area contributed by atoms with Crippen LogP contribution in [-0.2, 0) is 11.3 Å². The van der Waals surface area contributed by atoms with E-state index in [4.69, 9.17) is 0 Å². The number of benzene rings is 1. The van der Waals surface area contributed by atoms with E-state index in [0.717, 1.165) is 16.1 Å². The number of aromatic nitrogens is 5. The average Bonchev–Trinajstić information content (AvgIpc) is 3.14. The van der Waals surface area contributed by atoms with Crippen molar-refractivity contribution in [2.45, 2.75) is 20.4 Å². The molecule has 0 aliphatic heterocycles. The lowest BCUT2D eigenvalue weighted by Gasteiger charge is -2.07. The third kappa shape index (κ3) is 3.01. The lowest BCUT2D eigenvalue weighted by Crippen LogP contribution is -2.28. The second-order valence-electron chi connectivity index (χ2n) is 6.21. The van der Waals surface area contributed by atoms with Gasteiger partial charge in [0.05, 0.1) is 22.8 Å². The normalized spacial score (nSPS) is 11.0. The number of amides is 1. The predicted octanol–water partition coefficient (Wildman–Crippen LogP) is 1.94. The third-order valence-corrected chi connectivity index (χ3v) is 4.34. The number of aryl methyl sites for hydroxylation is 1. The number of hydrogen-bond donors (Lipinski definition) is 1. The monoisotopic (exact) mass is 362 g/mol. The molecule has 0 radical (unpaired) electrons. The van der Waals surface area contributed by atoms with E-state index in [1.807, 2.05) is 44.2 Å². The molecule has 0 spiro atoms. The van der Waals surface area contributed by atoms with E-state index < -0.39 is 0 Å².